The minimum absolute atomic E-state index is 0.0273. The fraction of sp³-hybridized carbons (Fsp3) is 0.211. The molecule has 154 valence electrons. The molecule has 3 heterocycles. The molecule has 1 aromatic heterocycles. The highest BCUT2D eigenvalue weighted by Crippen LogP contribution is 2.37. The molecule has 11 heteroatoms. The Labute approximate surface area is 173 Å². The van der Waals surface area contributed by atoms with Crippen molar-refractivity contribution in [3.05, 3.63) is 51.4 Å². The fourth-order valence-electron chi connectivity index (χ4n) is 3.66. The van der Waals surface area contributed by atoms with E-state index in [1.54, 1.807) is 24.3 Å². The van der Waals surface area contributed by atoms with Gasteiger partial charge in [-0.05, 0) is 24.1 Å². The third-order valence-electron chi connectivity index (χ3n) is 5.04. The normalized spacial score (nSPS) is 17.5. The number of benzene rings is 1. The number of carboxylic acids is 1. The number of aromatic carboxylic acids is 1. The van der Waals surface area contributed by atoms with Gasteiger partial charge in [0.15, 0.2) is 0 Å². The van der Waals surface area contributed by atoms with Crippen LogP contribution in [0.3, 0.4) is 0 Å². The van der Waals surface area contributed by atoms with Gasteiger partial charge < -0.3 is 21.5 Å². The number of carboxylic acid groups (broad SMARTS) is 1. The first-order chi connectivity index (χ1) is 14.3. The Hall–Kier alpha value is -3.57. The first kappa shape index (κ1) is 19.7. The van der Waals surface area contributed by atoms with Crippen LogP contribution >= 0.6 is 11.3 Å². The molecule has 0 spiro atoms. The molecular formula is C19H16N4O6S. The minimum atomic E-state index is -1.26. The van der Waals surface area contributed by atoms with Crippen molar-refractivity contribution in [1.82, 2.24) is 10.2 Å². The van der Waals surface area contributed by atoms with Crippen LogP contribution in [0.1, 0.15) is 41.5 Å². The van der Waals surface area contributed by atoms with Crippen LogP contribution in [0.4, 0.5) is 5.00 Å². The van der Waals surface area contributed by atoms with Crippen molar-refractivity contribution < 1.29 is 29.1 Å². The van der Waals surface area contributed by atoms with E-state index in [1.165, 1.54) is 0 Å². The van der Waals surface area contributed by atoms with E-state index in [0.717, 1.165) is 16.2 Å². The predicted molar refractivity (Wildman–Crippen MR) is 105 cm³/mol. The van der Waals surface area contributed by atoms with Gasteiger partial charge in [0, 0.05) is 24.0 Å². The summed E-state index contributed by atoms with van der Waals surface area (Å²) in [6.45, 7) is 0.365. The quantitative estimate of drug-likeness (QED) is 0.399. The second-order valence-electron chi connectivity index (χ2n) is 6.88. The first-order valence-corrected chi connectivity index (χ1v) is 9.76. The van der Waals surface area contributed by atoms with Crippen molar-refractivity contribution in [3.8, 4) is 0 Å². The number of carbonyl (C=O) groups is 5. The highest BCUT2D eigenvalue weighted by atomic mass is 32.1. The van der Waals surface area contributed by atoms with Crippen LogP contribution in [0.25, 0.3) is 0 Å². The smallest absolute Gasteiger partial charge is 0.339 e. The van der Waals surface area contributed by atoms with Crippen molar-refractivity contribution >= 4 is 45.9 Å². The summed E-state index contributed by atoms with van der Waals surface area (Å²) in [4.78, 5) is 61.4. The number of imide groups is 1. The lowest BCUT2D eigenvalue weighted by Crippen LogP contribution is -2.46. The Balaban J connectivity index is 1.57. The van der Waals surface area contributed by atoms with Crippen LogP contribution in [-0.2, 0) is 22.6 Å². The van der Waals surface area contributed by atoms with E-state index in [0.29, 0.717) is 28.1 Å². The number of hydrogen-bond acceptors (Lipinski definition) is 7. The van der Waals surface area contributed by atoms with E-state index >= 15 is 0 Å². The number of nitrogens with one attached hydrogen (secondary N) is 2. The lowest BCUT2D eigenvalue weighted by atomic mass is 9.97. The van der Waals surface area contributed by atoms with Gasteiger partial charge in [0.05, 0.1) is 16.7 Å². The number of nitrogens with zero attached hydrogens (tertiary/aromatic N) is 1. The third kappa shape index (κ3) is 3.23. The largest absolute Gasteiger partial charge is 0.478 e. The van der Waals surface area contributed by atoms with Gasteiger partial charge in [0.2, 0.25) is 0 Å². The number of hydrogen-bond donors (Lipinski definition) is 4. The summed E-state index contributed by atoms with van der Waals surface area (Å²) in [6.07, 6.45) is 0.229. The van der Waals surface area contributed by atoms with E-state index in [2.05, 4.69) is 10.6 Å². The first-order valence-electron chi connectivity index (χ1n) is 8.95. The molecule has 10 nitrogen and oxygen atoms in total. The summed E-state index contributed by atoms with van der Waals surface area (Å²) in [6, 6.07) is 6.19. The Morgan fingerprint density at radius 2 is 1.83 bits per heavy atom. The van der Waals surface area contributed by atoms with Gasteiger partial charge in [-0.1, -0.05) is 12.1 Å². The Kier molecular flexibility index (Phi) is 4.84. The molecule has 0 radical (unpaired) electrons. The van der Waals surface area contributed by atoms with Gasteiger partial charge in [-0.3, -0.25) is 24.1 Å². The summed E-state index contributed by atoms with van der Waals surface area (Å²) in [5, 5.41) is 15.1. The number of amides is 4. The van der Waals surface area contributed by atoms with Crippen molar-refractivity contribution in [3.63, 3.8) is 0 Å². The average molecular weight is 428 g/mol. The third-order valence-corrected chi connectivity index (χ3v) is 6.19. The Bertz CT molecular complexity index is 1090. The SMILES string of the molecule is NC(=O)C(=O)Nc1sc2c(c1C(=O)O)CC(CN1C(=O)c3ccccc3C1=O)NC2. The standard InChI is InChI=1S/C19H16N4O6S/c20-14(24)15(25)22-16-13(19(28)29)11-5-8(21-6-12(11)30-16)7-23-17(26)9-3-1-2-4-10(9)18(23)27/h1-4,8,21H,5-7H2,(H2,20,24)(H,22,25)(H,28,29). The number of anilines is 1. The lowest BCUT2D eigenvalue weighted by Gasteiger charge is -2.27. The van der Waals surface area contributed by atoms with Crippen molar-refractivity contribution in [2.45, 2.75) is 19.0 Å². The van der Waals surface area contributed by atoms with E-state index in [1.807, 2.05) is 0 Å². The molecule has 1 atom stereocenters. The van der Waals surface area contributed by atoms with Gasteiger partial charge in [-0.2, -0.15) is 0 Å². The van der Waals surface area contributed by atoms with Crippen LogP contribution in [0.2, 0.25) is 0 Å². The average Bonchev–Trinajstić information content (AvgIpc) is 3.18. The highest BCUT2D eigenvalue weighted by Gasteiger charge is 2.38. The van der Waals surface area contributed by atoms with Crippen molar-refractivity contribution in [2.75, 3.05) is 11.9 Å². The molecule has 1 unspecified atom stereocenters. The topological polar surface area (TPSA) is 159 Å². The maximum atomic E-state index is 12.6. The number of fused-ring (bicyclic) bond motifs is 2. The van der Waals surface area contributed by atoms with Crippen LogP contribution in [0, 0.1) is 0 Å². The number of carbonyl (C=O) groups excluding carboxylic acids is 4. The highest BCUT2D eigenvalue weighted by molar-refractivity contribution is 7.17. The monoisotopic (exact) mass is 428 g/mol. The van der Waals surface area contributed by atoms with Gasteiger partial charge in [0.25, 0.3) is 11.8 Å². The predicted octanol–water partition coefficient (Wildman–Crippen LogP) is 0.181. The lowest BCUT2D eigenvalue weighted by molar-refractivity contribution is -0.134. The maximum Gasteiger partial charge on any atom is 0.339 e. The Morgan fingerprint density at radius 1 is 1.20 bits per heavy atom. The molecule has 2 aliphatic rings. The molecule has 4 amide bonds. The molecule has 4 rings (SSSR count). The molecule has 5 N–H and O–H groups in total. The van der Waals surface area contributed by atoms with E-state index in [4.69, 9.17) is 5.73 Å². The molecule has 0 saturated heterocycles. The van der Waals surface area contributed by atoms with Gasteiger partial charge in [0.1, 0.15) is 5.00 Å². The fourth-order valence-corrected chi connectivity index (χ4v) is 4.83. The number of nitrogens with two attached hydrogens (primary N) is 1. The van der Waals surface area contributed by atoms with Crippen molar-refractivity contribution in [2.24, 2.45) is 5.73 Å². The molecular weight excluding hydrogens is 412 g/mol. The molecule has 0 bridgehead atoms. The van der Waals surface area contributed by atoms with Gasteiger partial charge >= 0.3 is 17.8 Å². The zero-order valence-corrected chi connectivity index (χ0v) is 16.2. The number of rotatable bonds is 4. The maximum absolute atomic E-state index is 12.6. The van der Waals surface area contributed by atoms with E-state index in [9.17, 15) is 29.1 Å². The summed E-state index contributed by atoms with van der Waals surface area (Å²) in [7, 11) is 0. The molecule has 2 aromatic rings. The van der Waals surface area contributed by atoms with E-state index < -0.39 is 17.8 Å². The number of primary amides is 1. The molecule has 0 fully saturated rings. The summed E-state index contributed by atoms with van der Waals surface area (Å²) in [5.41, 5.74) is 6.00. The summed E-state index contributed by atoms with van der Waals surface area (Å²) >= 11 is 1.04. The van der Waals surface area contributed by atoms with Crippen molar-refractivity contribution in [1.29, 1.82) is 0 Å². The zero-order chi connectivity index (χ0) is 21.6. The van der Waals surface area contributed by atoms with Crippen LogP contribution < -0.4 is 16.4 Å². The summed E-state index contributed by atoms with van der Waals surface area (Å²) < 4.78 is 0. The molecule has 2 aliphatic heterocycles. The molecule has 0 aliphatic carbocycles. The van der Waals surface area contributed by atoms with Crippen LogP contribution in [-0.4, -0.2) is 52.2 Å². The molecule has 30 heavy (non-hydrogen) atoms. The molecule has 1 aromatic carbocycles. The van der Waals surface area contributed by atoms with Gasteiger partial charge in [-0.15, -0.1) is 11.3 Å². The van der Waals surface area contributed by atoms with Crippen LogP contribution in [0.5, 0.6) is 0 Å². The van der Waals surface area contributed by atoms with Gasteiger partial charge in [-0.25, -0.2) is 4.79 Å². The second-order valence-corrected chi connectivity index (χ2v) is 7.99. The minimum Gasteiger partial charge on any atom is -0.478 e. The second kappa shape index (κ2) is 7.35. The number of thiophene rings is 1. The zero-order valence-electron chi connectivity index (χ0n) is 15.4. The van der Waals surface area contributed by atoms with Crippen LogP contribution in [0.15, 0.2) is 24.3 Å². The Morgan fingerprint density at radius 3 is 2.40 bits per heavy atom. The molecule has 0 saturated carbocycles. The van der Waals surface area contributed by atoms with E-state index in [-0.39, 0.29) is 41.4 Å². The summed E-state index contributed by atoms with van der Waals surface area (Å²) in [5.74, 6) is -4.36.